The zero-order chi connectivity index (χ0) is 16.3. The highest BCUT2D eigenvalue weighted by Crippen LogP contribution is 2.16. The van der Waals surface area contributed by atoms with Crippen LogP contribution in [0.4, 0.5) is 4.79 Å². The third-order valence-electron chi connectivity index (χ3n) is 3.67. The van der Waals surface area contributed by atoms with Crippen molar-refractivity contribution >= 4 is 17.4 Å². The molecule has 0 saturated carbocycles. The first-order valence-electron chi connectivity index (χ1n) is 7.34. The normalized spacial score (nSPS) is 10.6. The van der Waals surface area contributed by atoms with Gasteiger partial charge in [0.2, 0.25) is 0 Å². The van der Waals surface area contributed by atoms with Crippen molar-refractivity contribution < 1.29 is 4.79 Å². The number of carbonyl (C=O) groups is 1. The maximum atomic E-state index is 12.2. The molecule has 4 nitrogen and oxygen atoms in total. The van der Waals surface area contributed by atoms with E-state index in [-0.39, 0.29) is 6.03 Å². The number of nitrogens with one attached hydrogen (secondary N) is 1. The highest BCUT2D eigenvalue weighted by Gasteiger charge is 2.12. The van der Waals surface area contributed by atoms with E-state index in [1.807, 2.05) is 13.1 Å². The number of nitrogens with zero attached hydrogens (tertiary/aromatic N) is 2. The Balaban J connectivity index is 1.95. The number of rotatable bonds is 4. The molecule has 0 radical (unpaired) electrons. The van der Waals surface area contributed by atoms with Crippen molar-refractivity contribution in [2.45, 2.75) is 40.8 Å². The minimum absolute atomic E-state index is 0.0644. The fraction of sp³-hybridized carbons (Fsp3) is 0.412. The largest absolute Gasteiger partial charge is 0.334 e. The molecule has 22 heavy (non-hydrogen) atoms. The highest BCUT2D eigenvalue weighted by atomic mass is 32.1. The van der Waals surface area contributed by atoms with Gasteiger partial charge in [0, 0.05) is 24.7 Å². The zero-order valence-corrected chi connectivity index (χ0v) is 14.7. The van der Waals surface area contributed by atoms with Gasteiger partial charge in [0.25, 0.3) is 0 Å². The van der Waals surface area contributed by atoms with Crippen LogP contribution in [0.2, 0.25) is 0 Å². The number of aryl methyl sites for hydroxylation is 4. The molecule has 1 heterocycles. The van der Waals surface area contributed by atoms with Crippen LogP contribution in [0, 0.1) is 27.7 Å². The number of urea groups is 1. The van der Waals surface area contributed by atoms with Gasteiger partial charge in [-0.25, -0.2) is 9.78 Å². The van der Waals surface area contributed by atoms with Crippen LogP contribution in [0.3, 0.4) is 0 Å². The molecule has 0 aliphatic heterocycles. The van der Waals surface area contributed by atoms with E-state index >= 15 is 0 Å². The standard InChI is InChI=1S/C17H23N3OS/c1-11-6-12(2)16(13(3)7-11)9-19-17(21)20(5)10-15-8-18-14(4)22-15/h6-8H,9-10H2,1-5H3,(H,19,21). The van der Waals surface area contributed by atoms with Crippen molar-refractivity contribution in [1.29, 1.82) is 0 Å². The van der Waals surface area contributed by atoms with E-state index in [0.717, 1.165) is 9.88 Å². The molecule has 0 saturated heterocycles. The van der Waals surface area contributed by atoms with Crippen LogP contribution in [0.15, 0.2) is 18.3 Å². The van der Waals surface area contributed by atoms with Crippen molar-refractivity contribution in [3.8, 4) is 0 Å². The average Bonchev–Trinajstić information content (AvgIpc) is 2.82. The molecule has 2 aromatic rings. The third-order valence-corrected chi connectivity index (χ3v) is 4.56. The molecule has 0 atom stereocenters. The van der Waals surface area contributed by atoms with Crippen LogP contribution in [0.5, 0.6) is 0 Å². The van der Waals surface area contributed by atoms with Crippen molar-refractivity contribution in [2.75, 3.05) is 7.05 Å². The SMILES string of the molecule is Cc1cc(C)c(CNC(=O)N(C)Cc2cnc(C)s2)c(C)c1. The van der Waals surface area contributed by atoms with E-state index in [1.165, 1.54) is 22.3 Å². The second-order valence-corrected chi connectivity index (χ2v) is 7.06. The monoisotopic (exact) mass is 317 g/mol. The average molecular weight is 317 g/mol. The molecule has 1 aromatic carbocycles. The third kappa shape index (κ3) is 4.07. The van der Waals surface area contributed by atoms with Crippen LogP contribution in [-0.2, 0) is 13.1 Å². The Morgan fingerprint density at radius 2 is 1.86 bits per heavy atom. The van der Waals surface area contributed by atoms with E-state index in [9.17, 15) is 4.79 Å². The number of aromatic nitrogens is 1. The second kappa shape index (κ2) is 6.92. The lowest BCUT2D eigenvalue weighted by Gasteiger charge is -2.18. The lowest BCUT2D eigenvalue weighted by atomic mass is 10.00. The van der Waals surface area contributed by atoms with E-state index in [4.69, 9.17) is 0 Å². The van der Waals surface area contributed by atoms with Crippen molar-refractivity contribution in [1.82, 2.24) is 15.2 Å². The van der Waals surface area contributed by atoms with Gasteiger partial charge in [-0.3, -0.25) is 0 Å². The van der Waals surface area contributed by atoms with Gasteiger partial charge in [0.15, 0.2) is 0 Å². The smallest absolute Gasteiger partial charge is 0.317 e. The molecular formula is C17H23N3OS. The Morgan fingerprint density at radius 1 is 1.23 bits per heavy atom. The summed E-state index contributed by atoms with van der Waals surface area (Å²) in [6, 6.07) is 4.24. The zero-order valence-electron chi connectivity index (χ0n) is 13.9. The van der Waals surface area contributed by atoms with Gasteiger partial charge in [-0.2, -0.15) is 0 Å². The highest BCUT2D eigenvalue weighted by molar-refractivity contribution is 7.11. The lowest BCUT2D eigenvalue weighted by Crippen LogP contribution is -2.36. The topological polar surface area (TPSA) is 45.2 Å². The Morgan fingerprint density at radius 3 is 2.41 bits per heavy atom. The molecule has 0 spiro atoms. The molecule has 2 amide bonds. The summed E-state index contributed by atoms with van der Waals surface area (Å²) in [5, 5.41) is 4.02. The first-order chi connectivity index (χ1) is 10.4. The van der Waals surface area contributed by atoms with Gasteiger partial charge in [0.1, 0.15) is 0 Å². The quantitative estimate of drug-likeness (QED) is 0.934. The summed E-state index contributed by atoms with van der Waals surface area (Å²) in [5.74, 6) is 0. The van der Waals surface area contributed by atoms with Gasteiger partial charge in [0.05, 0.1) is 11.6 Å². The van der Waals surface area contributed by atoms with Crippen LogP contribution in [-0.4, -0.2) is 23.0 Å². The molecule has 0 aliphatic rings. The lowest BCUT2D eigenvalue weighted by molar-refractivity contribution is 0.207. The van der Waals surface area contributed by atoms with E-state index in [0.29, 0.717) is 13.1 Å². The number of thiazole rings is 1. The summed E-state index contributed by atoms with van der Waals surface area (Å²) in [6.45, 7) is 9.38. The van der Waals surface area contributed by atoms with Gasteiger partial charge in [-0.1, -0.05) is 17.7 Å². The van der Waals surface area contributed by atoms with Crippen molar-refractivity contribution in [3.05, 3.63) is 50.5 Å². The van der Waals surface area contributed by atoms with E-state index in [1.54, 1.807) is 23.3 Å². The van der Waals surface area contributed by atoms with Crippen molar-refractivity contribution in [2.24, 2.45) is 0 Å². The van der Waals surface area contributed by atoms with Crippen molar-refractivity contribution in [3.63, 3.8) is 0 Å². The van der Waals surface area contributed by atoms with E-state index in [2.05, 4.69) is 43.2 Å². The minimum Gasteiger partial charge on any atom is -0.334 e. The van der Waals surface area contributed by atoms with Crippen LogP contribution in [0.1, 0.15) is 32.1 Å². The molecular weight excluding hydrogens is 294 g/mol. The number of amides is 2. The Labute approximate surface area is 136 Å². The Kier molecular flexibility index (Phi) is 5.19. The molecule has 0 bridgehead atoms. The second-order valence-electron chi connectivity index (χ2n) is 5.74. The molecule has 0 unspecified atom stereocenters. The number of hydrogen-bond donors (Lipinski definition) is 1. The maximum absolute atomic E-state index is 12.2. The van der Waals surface area contributed by atoms with Gasteiger partial charge in [-0.15, -0.1) is 11.3 Å². The predicted octanol–water partition coefficient (Wildman–Crippen LogP) is 3.72. The molecule has 0 aliphatic carbocycles. The summed E-state index contributed by atoms with van der Waals surface area (Å²) < 4.78 is 0. The molecule has 5 heteroatoms. The van der Waals surface area contributed by atoms with Crippen LogP contribution in [0.25, 0.3) is 0 Å². The predicted molar refractivity (Wildman–Crippen MR) is 91.2 cm³/mol. The number of benzene rings is 1. The number of hydrogen-bond acceptors (Lipinski definition) is 3. The summed E-state index contributed by atoms with van der Waals surface area (Å²) >= 11 is 1.62. The van der Waals surface area contributed by atoms with Gasteiger partial charge in [-0.05, 0) is 44.4 Å². The first-order valence-corrected chi connectivity index (χ1v) is 8.15. The minimum atomic E-state index is -0.0644. The molecule has 1 aromatic heterocycles. The number of carbonyl (C=O) groups excluding carboxylic acids is 1. The summed E-state index contributed by atoms with van der Waals surface area (Å²) in [4.78, 5) is 19.2. The van der Waals surface area contributed by atoms with Crippen LogP contribution < -0.4 is 5.32 Å². The summed E-state index contributed by atoms with van der Waals surface area (Å²) in [7, 11) is 1.80. The van der Waals surface area contributed by atoms with Crippen LogP contribution >= 0.6 is 11.3 Å². The fourth-order valence-electron chi connectivity index (χ4n) is 2.57. The Bertz CT molecular complexity index is 655. The fourth-order valence-corrected chi connectivity index (χ4v) is 3.42. The summed E-state index contributed by atoms with van der Waals surface area (Å²) in [6.07, 6.45) is 1.83. The van der Waals surface area contributed by atoms with Gasteiger partial charge >= 0.3 is 6.03 Å². The first kappa shape index (κ1) is 16.5. The molecule has 118 valence electrons. The molecule has 2 rings (SSSR count). The maximum Gasteiger partial charge on any atom is 0.317 e. The summed E-state index contributed by atoms with van der Waals surface area (Å²) in [5.41, 5.74) is 4.89. The van der Waals surface area contributed by atoms with Gasteiger partial charge < -0.3 is 10.2 Å². The molecule has 0 fully saturated rings. The molecule has 1 N–H and O–H groups in total. The Hall–Kier alpha value is -1.88. The van der Waals surface area contributed by atoms with E-state index < -0.39 is 0 Å².